The van der Waals surface area contributed by atoms with Crippen LogP contribution in [0.2, 0.25) is 0 Å². The number of carbonyl (C=O) groups is 1. The van der Waals surface area contributed by atoms with Crippen molar-refractivity contribution >= 4 is 5.91 Å². The molecule has 0 spiro atoms. The van der Waals surface area contributed by atoms with Crippen LogP contribution < -0.4 is 10.1 Å². The molecule has 5 nitrogen and oxygen atoms in total. The fraction of sp³-hybridized carbons (Fsp3) is 0.333. The maximum absolute atomic E-state index is 12.1. The van der Waals surface area contributed by atoms with Gasteiger partial charge in [-0.05, 0) is 24.6 Å². The van der Waals surface area contributed by atoms with Gasteiger partial charge in [-0.2, -0.15) is 0 Å². The molecular weight excluding hydrogens is 256 g/mol. The number of furan rings is 1. The number of carbonyl (C=O) groups excluding carboxylic acids is 1. The Morgan fingerprint density at radius 2 is 2.40 bits per heavy atom. The topological polar surface area (TPSA) is 64.4 Å². The van der Waals surface area contributed by atoms with Gasteiger partial charge in [0.05, 0.1) is 13.4 Å². The number of rotatable bonds is 5. The van der Waals surface area contributed by atoms with Crippen LogP contribution in [0.3, 0.4) is 0 Å². The predicted molar refractivity (Wildman–Crippen MR) is 72.2 cm³/mol. The predicted octanol–water partition coefficient (Wildman–Crippen LogP) is 2.10. The van der Waals surface area contributed by atoms with E-state index in [-0.39, 0.29) is 17.7 Å². The van der Waals surface area contributed by atoms with Gasteiger partial charge in [0, 0.05) is 30.1 Å². The lowest BCUT2D eigenvalue weighted by Crippen LogP contribution is -2.25. The Balaban J connectivity index is 1.56. The summed E-state index contributed by atoms with van der Waals surface area (Å²) < 4.78 is 10.5. The van der Waals surface area contributed by atoms with Crippen molar-refractivity contribution in [2.24, 2.45) is 5.92 Å². The van der Waals surface area contributed by atoms with Crippen LogP contribution in [0.1, 0.15) is 23.7 Å². The molecule has 5 heteroatoms. The molecule has 1 amide bonds. The second-order valence-electron chi connectivity index (χ2n) is 4.85. The van der Waals surface area contributed by atoms with Crippen molar-refractivity contribution in [3.8, 4) is 5.88 Å². The molecule has 0 aromatic carbocycles. The first kappa shape index (κ1) is 12.7. The van der Waals surface area contributed by atoms with Gasteiger partial charge in [-0.25, -0.2) is 4.98 Å². The van der Waals surface area contributed by atoms with Gasteiger partial charge in [-0.1, -0.05) is 6.07 Å². The van der Waals surface area contributed by atoms with Crippen molar-refractivity contribution in [1.82, 2.24) is 10.3 Å². The summed E-state index contributed by atoms with van der Waals surface area (Å²) in [7, 11) is 1.57. The first-order valence-corrected chi connectivity index (χ1v) is 6.58. The zero-order valence-electron chi connectivity index (χ0n) is 11.2. The molecule has 1 N–H and O–H groups in total. The van der Waals surface area contributed by atoms with Crippen molar-refractivity contribution in [1.29, 1.82) is 0 Å². The molecule has 2 aromatic rings. The summed E-state index contributed by atoms with van der Waals surface area (Å²) in [5, 5.41) is 2.93. The number of aromatic nitrogens is 1. The number of ether oxygens (including phenoxy) is 1. The van der Waals surface area contributed by atoms with Crippen molar-refractivity contribution in [3.63, 3.8) is 0 Å². The van der Waals surface area contributed by atoms with Crippen molar-refractivity contribution in [2.75, 3.05) is 7.11 Å². The van der Waals surface area contributed by atoms with E-state index in [4.69, 9.17) is 9.15 Å². The van der Waals surface area contributed by atoms with Gasteiger partial charge in [0.2, 0.25) is 11.8 Å². The molecule has 104 valence electrons. The third kappa shape index (κ3) is 2.52. The van der Waals surface area contributed by atoms with Crippen LogP contribution in [0.25, 0.3) is 0 Å². The normalized spacial score (nSPS) is 20.4. The SMILES string of the molecule is COc1ncccc1CNC(=O)[C@@H]1C[C@H]1c1ccco1. The van der Waals surface area contributed by atoms with Crippen molar-refractivity contribution < 1.29 is 13.9 Å². The van der Waals surface area contributed by atoms with E-state index in [0.717, 1.165) is 17.7 Å². The zero-order chi connectivity index (χ0) is 13.9. The van der Waals surface area contributed by atoms with Gasteiger partial charge < -0.3 is 14.5 Å². The van der Waals surface area contributed by atoms with Crippen LogP contribution >= 0.6 is 0 Å². The van der Waals surface area contributed by atoms with E-state index < -0.39 is 0 Å². The molecule has 20 heavy (non-hydrogen) atoms. The smallest absolute Gasteiger partial charge is 0.224 e. The van der Waals surface area contributed by atoms with Crippen LogP contribution in [0.15, 0.2) is 41.1 Å². The Hall–Kier alpha value is -2.30. The third-order valence-electron chi connectivity index (χ3n) is 3.53. The van der Waals surface area contributed by atoms with Crippen molar-refractivity contribution in [3.05, 3.63) is 48.0 Å². The van der Waals surface area contributed by atoms with Crippen LogP contribution in [-0.4, -0.2) is 18.0 Å². The zero-order valence-corrected chi connectivity index (χ0v) is 11.2. The minimum absolute atomic E-state index is 0.0174. The Morgan fingerprint density at radius 1 is 1.50 bits per heavy atom. The lowest BCUT2D eigenvalue weighted by atomic mass is 10.2. The maximum atomic E-state index is 12.1. The summed E-state index contributed by atoms with van der Waals surface area (Å²) in [5.74, 6) is 1.73. The molecule has 1 saturated carbocycles. The molecule has 1 aliphatic rings. The van der Waals surface area contributed by atoms with E-state index in [0.29, 0.717) is 12.4 Å². The first-order valence-electron chi connectivity index (χ1n) is 6.58. The molecule has 1 aliphatic carbocycles. The van der Waals surface area contributed by atoms with Gasteiger partial charge >= 0.3 is 0 Å². The molecule has 3 rings (SSSR count). The number of hydrogen-bond acceptors (Lipinski definition) is 4. The van der Waals surface area contributed by atoms with Crippen molar-refractivity contribution in [2.45, 2.75) is 18.9 Å². The molecule has 0 aliphatic heterocycles. The van der Waals surface area contributed by atoms with Gasteiger partial charge in [0.15, 0.2) is 0 Å². The maximum Gasteiger partial charge on any atom is 0.224 e. The molecule has 2 atom stereocenters. The number of methoxy groups -OCH3 is 1. The highest BCUT2D eigenvalue weighted by Gasteiger charge is 2.45. The largest absolute Gasteiger partial charge is 0.481 e. The molecule has 0 radical (unpaired) electrons. The Labute approximate surface area is 117 Å². The van der Waals surface area contributed by atoms with Crippen LogP contribution in [0.4, 0.5) is 0 Å². The number of pyridine rings is 1. The molecule has 0 unspecified atom stereocenters. The van der Waals surface area contributed by atoms with Crippen LogP contribution in [0.5, 0.6) is 5.88 Å². The number of hydrogen-bond donors (Lipinski definition) is 1. The van der Waals surface area contributed by atoms with E-state index in [9.17, 15) is 4.79 Å². The molecule has 2 aromatic heterocycles. The fourth-order valence-electron chi connectivity index (χ4n) is 2.36. The highest BCUT2D eigenvalue weighted by molar-refractivity contribution is 5.82. The Bertz CT molecular complexity index is 595. The summed E-state index contributed by atoms with van der Waals surface area (Å²) in [6.07, 6.45) is 4.16. The second kappa shape index (κ2) is 5.36. The monoisotopic (exact) mass is 272 g/mol. The standard InChI is InChI=1S/C15H16N2O3/c1-19-15-10(4-2-6-16-15)9-17-14(18)12-8-11(12)13-5-3-7-20-13/h2-7,11-12H,8-9H2,1H3,(H,17,18)/t11-,12-/m1/s1. The number of nitrogens with one attached hydrogen (secondary N) is 1. The molecule has 2 heterocycles. The first-order chi connectivity index (χ1) is 9.79. The second-order valence-corrected chi connectivity index (χ2v) is 4.85. The molecular formula is C15H16N2O3. The summed E-state index contributed by atoms with van der Waals surface area (Å²) in [6, 6.07) is 7.49. The van der Waals surface area contributed by atoms with E-state index in [1.54, 1.807) is 19.6 Å². The number of amides is 1. The third-order valence-corrected chi connectivity index (χ3v) is 3.53. The lowest BCUT2D eigenvalue weighted by Gasteiger charge is -2.08. The molecule has 0 saturated heterocycles. The highest BCUT2D eigenvalue weighted by Crippen LogP contribution is 2.47. The van der Waals surface area contributed by atoms with Gasteiger partial charge in [-0.3, -0.25) is 4.79 Å². The Morgan fingerprint density at radius 3 is 3.15 bits per heavy atom. The lowest BCUT2D eigenvalue weighted by molar-refractivity contribution is -0.122. The number of nitrogens with zero attached hydrogens (tertiary/aromatic N) is 1. The summed E-state index contributed by atoms with van der Waals surface area (Å²) >= 11 is 0. The summed E-state index contributed by atoms with van der Waals surface area (Å²) in [6.45, 7) is 0.428. The van der Waals surface area contributed by atoms with Gasteiger partial charge in [0.25, 0.3) is 0 Å². The van der Waals surface area contributed by atoms with E-state index in [1.807, 2.05) is 24.3 Å². The van der Waals surface area contributed by atoms with Crippen LogP contribution in [-0.2, 0) is 11.3 Å². The minimum Gasteiger partial charge on any atom is -0.481 e. The van der Waals surface area contributed by atoms with E-state index in [2.05, 4.69) is 10.3 Å². The average Bonchev–Trinajstić information content (AvgIpc) is 3.11. The molecule has 1 fully saturated rings. The van der Waals surface area contributed by atoms with E-state index in [1.165, 1.54) is 0 Å². The summed E-state index contributed by atoms with van der Waals surface area (Å²) in [4.78, 5) is 16.2. The van der Waals surface area contributed by atoms with Gasteiger partial charge in [-0.15, -0.1) is 0 Å². The Kier molecular flexibility index (Phi) is 3.41. The fourth-order valence-corrected chi connectivity index (χ4v) is 2.36. The highest BCUT2D eigenvalue weighted by atomic mass is 16.5. The van der Waals surface area contributed by atoms with E-state index >= 15 is 0 Å². The minimum atomic E-state index is 0.0174. The molecule has 0 bridgehead atoms. The van der Waals surface area contributed by atoms with Crippen LogP contribution in [0, 0.1) is 5.92 Å². The average molecular weight is 272 g/mol. The quantitative estimate of drug-likeness (QED) is 0.905. The summed E-state index contributed by atoms with van der Waals surface area (Å²) in [5.41, 5.74) is 0.874. The van der Waals surface area contributed by atoms with Gasteiger partial charge in [0.1, 0.15) is 5.76 Å².